The molecule has 1 atom stereocenters. The Kier molecular flexibility index (Phi) is 3.51. The minimum absolute atomic E-state index is 0.498. The lowest BCUT2D eigenvalue weighted by Crippen LogP contribution is -1.93. The average molecular weight is 194 g/mol. The van der Waals surface area contributed by atoms with Crippen LogP contribution in [0.15, 0.2) is 36.4 Å². The summed E-state index contributed by atoms with van der Waals surface area (Å²) >= 11 is 5.82. The zero-order valence-electron chi connectivity index (χ0n) is 6.81. The molecule has 1 aromatic carbocycles. The van der Waals surface area contributed by atoms with E-state index in [0.717, 1.165) is 0 Å². The summed E-state index contributed by atoms with van der Waals surface area (Å²) in [5.74, 6) is 0. The van der Waals surface area contributed by atoms with E-state index in [0.29, 0.717) is 10.6 Å². The molecule has 0 saturated carbocycles. The summed E-state index contributed by atoms with van der Waals surface area (Å²) in [6, 6.07) is 8.78. The Morgan fingerprint density at radius 1 is 1.46 bits per heavy atom. The minimum atomic E-state index is -0.812. The van der Waals surface area contributed by atoms with Gasteiger partial charge in [-0.2, -0.15) is 5.26 Å². The highest BCUT2D eigenvalue weighted by Crippen LogP contribution is 2.22. The Balaban J connectivity index is 2.90. The first-order valence-corrected chi connectivity index (χ1v) is 4.12. The molecule has 0 radical (unpaired) electrons. The first-order valence-electron chi connectivity index (χ1n) is 3.74. The van der Waals surface area contributed by atoms with Gasteiger partial charge < -0.3 is 5.11 Å². The highest BCUT2D eigenvalue weighted by atomic mass is 35.5. The fourth-order valence-electron chi connectivity index (χ4n) is 0.953. The van der Waals surface area contributed by atoms with Gasteiger partial charge in [-0.25, -0.2) is 0 Å². The molecule has 0 bridgehead atoms. The summed E-state index contributed by atoms with van der Waals surface area (Å²) in [5.41, 5.74) is 0.607. The Labute approximate surface area is 81.7 Å². The van der Waals surface area contributed by atoms with Crippen LogP contribution in [0.25, 0.3) is 0 Å². The molecule has 0 aliphatic carbocycles. The molecule has 1 unspecified atom stereocenters. The molecule has 0 amide bonds. The van der Waals surface area contributed by atoms with Crippen molar-refractivity contribution in [1.82, 2.24) is 0 Å². The summed E-state index contributed by atoms with van der Waals surface area (Å²) in [5, 5.41) is 18.3. The fourth-order valence-corrected chi connectivity index (χ4v) is 1.20. The summed E-state index contributed by atoms with van der Waals surface area (Å²) in [4.78, 5) is 0. The van der Waals surface area contributed by atoms with Gasteiger partial charge in [0.25, 0.3) is 0 Å². The van der Waals surface area contributed by atoms with Crippen LogP contribution >= 0.6 is 11.6 Å². The van der Waals surface area contributed by atoms with Gasteiger partial charge >= 0.3 is 0 Å². The van der Waals surface area contributed by atoms with Gasteiger partial charge in [0, 0.05) is 16.7 Å². The van der Waals surface area contributed by atoms with Gasteiger partial charge in [-0.05, 0) is 12.1 Å². The first kappa shape index (κ1) is 9.79. The van der Waals surface area contributed by atoms with Gasteiger partial charge in [0.15, 0.2) is 0 Å². The van der Waals surface area contributed by atoms with Gasteiger partial charge in [0.2, 0.25) is 0 Å². The number of hydrogen-bond acceptors (Lipinski definition) is 2. The number of hydrogen-bond donors (Lipinski definition) is 1. The van der Waals surface area contributed by atoms with Crippen LogP contribution in [0.1, 0.15) is 11.7 Å². The number of allylic oxidation sites excluding steroid dienone is 1. The molecule has 3 heteroatoms. The van der Waals surface area contributed by atoms with Gasteiger partial charge in [0.05, 0.1) is 12.2 Å². The van der Waals surface area contributed by atoms with Crippen molar-refractivity contribution in [2.75, 3.05) is 0 Å². The van der Waals surface area contributed by atoms with E-state index in [-0.39, 0.29) is 0 Å². The van der Waals surface area contributed by atoms with E-state index in [1.165, 1.54) is 12.2 Å². The Bertz CT molecular complexity index is 354. The maximum absolute atomic E-state index is 9.51. The largest absolute Gasteiger partial charge is 0.384 e. The summed E-state index contributed by atoms with van der Waals surface area (Å²) < 4.78 is 0. The number of rotatable bonds is 2. The van der Waals surface area contributed by atoms with Crippen molar-refractivity contribution in [1.29, 1.82) is 5.26 Å². The zero-order chi connectivity index (χ0) is 9.68. The van der Waals surface area contributed by atoms with E-state index in [9.17, 15) is 5.11 Å². The molecule has 0 aliphatic heterocycles. The van der Waals surface area contributed by atoms with E-state index >= 15 is 0 Å². The monoisotopic (exact) mass is 193 g/mol. The molecule has 0 heterocycles. The standard InChI is InChI=1S/C10H8ClNO/c11-9-5-2-1-4-8(9)10(13)6-3-7-12/h1-6,10,13H/b6-3+. The molecule has 0 fully saturated rings. The van der Waals surface area contributed by atoms with E-state index in [1.54, 1.807) is 30.3 Å². The number of benzene rings is 1. The highest BCUT2D eigenvalue weighted by molar-refractivity contribution is 6.31. The highest BCUT2D eigenvalue weighted by Gasteiger charge is 2.06. The minimum Gasteiger partial charge on any atom is -0.384 e. The summed E-state index contributed by atoms with van der Waals surface area (Å²) in [7, 11) is 0. The first-order chi connectivity index (χ1) is 6.25. The molecule has 1 aromatic rings. The SMILES string of the molecule is N#C/C=C/C(O)c1ccccc1Cl. The van der Waals surface area contributed by atoms with Crippen LogP contribution in [0, 0.1) is 11.3 Å². The third kappa shape index (κ3) is 2.59. The maximum Gasteiger partial charge on any atom is 0.0996 e. The lowest BCUT2D eigenvalue weighted by Gasteiger charge is -2.06. The molecule has 2 nitrogen and oxygen atoms in total. The van der Waals surface area contributed by atoms with Crippen LogP contribution in [0.4, 0.5) is 0 Å². The Morgan fingerprint density at radius 3 is 2.77 bits per heavy atom. The van der Waals surface area contributed by atoms with Crippen molar-refractivity contribution < 1.29 is 5.11 Å². The van der Waals surface area contributed by atoms with Crippen LogP contribution in [0.5, 0.6) is 0 Å². The predicted octanol–water partition coefficient (Wildman–Crippen LogP) is 2.45. The lowest BCUT2D eigenvalue weighted by atomic mass is 10.1. The molecular formula is C10H8ClNO. The second-order valence-electron chi connectivity index (χ2n) is 2.45. The molecule has 1 N–H and O–H groups in total. The molecular weight excluding hydrogens is 186 g/mol. The molecule has 1 rings (SSSR count). The predicted molar refractivity (Wildman–Crippen MR) is 51.2 cm³/mol. The number of aliphatic hydroxyl groups excluding tert-OH is 1. The van der Waals surface area contributed by atoms with Crippen molar-refractivity contribution in [3.8, 4) is 6.07 Å². The average Bonchev–Trinajstić information content (AvgIpc) is 2.15. The van der Waals surface area contributed by atoms with E-state index < -0.39 is 6.10 Å². The zero-order valence-corrected chi connectivity index (χ0v) is 7.57. The second-order valence-corrected chi connectivity index (χ2v) is 2.86. The number of nitrogens with zero attached hydrogens (tertiary/aromatic N) is 1. The van der Waals surface area contributed by atoms with Crippen molar-refractivity contribution in [2.45, 2.75) is 6.10 Å². The van der Waals surface area contributed by atoms with Gasteiger partial charge in [-0.15, -0.1) is 0 Å². The van der Waals surface area contributed by atoms with Crippen LogP contribution in [0.2, 0.25) is 5.02 Å². The topological polar surface area (TPSA) is 44.0 Å². The smallest absolute Gasteiger partial charge is 0.0996 e. The molecule has 0 aliphatic rings. The van der Waals surface area contributed by atoms with Crippen molar-refractivity contribution in [2.24, 2.45) is 0 Å². The number of halogens is 1. The number of aliphatic hydroxyl groups is 1. The molecule has 0 aromatic heterocycles. The van der Waals surface area contributed by atoms with Crippen LogP contribution < -0.4 is 0 Å². The molecule has 0 saturated heterocycles. The fraction of sp³-hybridized carbons (Fsp3) is 0.100. The Hall–Kier alpha value is -1.30. The maximum atomic E-state index is 9.51. The van der Waals surface area contributed by atoms with E-state index in [2.05, 4.69) is 0 Å². The van der Waals surface area contributed by atoms with Crippen LogP contribution in [0.3, 0.4) is 0 Å². The quantitative estimate of drug-likeness (QED) is 0.734. The summed E-state index contributed by atoms with van der Waals surface area (Å²) in [6.45, 7) is 0. The molecule has 13 heavy (non-hydrogen) atoms. The van der Waals surface area contributed by atoms with Gasteiger partial charge in [-0.1, -0.05) is 29.8 Å². The molecule has 0 spiro atoms. The lowest BCUT2D eigenvalue weighted by molar-refractivity contribution is 0.229. The van der Waals surface area contributed by atoms with Crippen LogP contribution in [-0.2, 0) is 0 Å². The van der Waals surface area contributed by atoms with Crippen molar-refractivity contribution in [3.05, 3.63) is 47.0 Å². The van der Waals surface area contributed by atoms with E-state index in [4.69, 9.17) is 16.9 Å². The van der Waals surface area contributed by atoms with Crippen LogP contribution in [-0.4, -0.2) is 5.11 Å². The van der Waals surface area contributed by atoms with Gasteiger partial charge in [0.1, 0.15) is 0 Å². The third-order valence-electron chi connectivity index (χ3n) is 1.58. The van der Waals surface area contributed by atoms with E-state index in [1.807, 2.05) is 0 Å². The Morgan fingerprint density at radius 2 is 2.15 bits per heavy atom. The molecule has 66 valence electrons. The van der Waals surface area contributed by atoms with Crippen molar-refractivity contribution >= 4 is 11.6 Å². The third-order valence-corrected chi connectivity index (χ3v) is 1.92. The normalized spacial score (nSPS) is 12.7. The summed E-state index contributed by atoms with van der Waals surface area (Å²) in [6.07, 6.45) is 1.81. The second kappa shape index (κ2) is 4.66. The van der Waals surface area contributed by atoms with Gasteiger partial charge in [-0.3, -0.25) is 0 Å². The van der Waals surface area contributed by atoms with Crippen molar-refractivity contribution in [3.63, 3.8) is 0 Å². The number of nitriles is 1.